The Hall–Kier alpha value is -1.99. The molecule has 136 valence electrons. The van der Waals surface area contributed by atoms with E-state index < -0.39 is 0 Å². The van der Waals surface area contributed by atoms with Gasteiger partial charge in [0.15, 0.2) is 0 Å². The lowest BCUT2D eigenvalue weighted by molar-refractivity contribution is -0.121. The molecule has 5 nitrogen and oxygen atoms in total. The third-order valence-electron chi connectivity index (χ3n) is 4.80. The van der Waals surface area contributed by atoms with Gasteiger partial charge in [-0.1, -0.05) is 6.07 Å². The van der Waals surface area contributed by atoms with Gasteiger partial charge in [0, 0.05) is 29.3 Å². The van der Waals surface area contributed by atoms with Gasteiger partial charge in [0.2, 0.25) is 5.91 Å². The van der Waals surface area contributed by atoms with E-state index in [1.807, 2.05) is 11.4 Å². The monoisotopic (exact) mass is 387 g/mol. The average molecular weight is 388 g/mol. The lowest BCUT2D eigenvalue weighted by atomic mass is 9.97. The molecule has 0 saturated heterocycles. The maximum Gasteiger partial charge on any atom is 0.262 e. The third-order valence-corrected chi connectivity index (χ3v) is 6.93. The van der Waals surface area contributed by atoms with Crippen LogP contribution in [0, 0.1) is 0 Å². The van der Waals surface area contributed by atoms with E-state index >= 15 is 0 Å². The summed E-state index contributed by atoms with van der Waals surface area (Å²) in [5.41, 5.74) is 1.20. The van der Waals surface area contributed by atoms with Gasteiger partial charge in [-0.2, -0.15) is 0 Å². The van der Waals surface area contributed by atoms with E-state index in [2.05, 4.69) is 16.4 Å². The van der Waals surface area contributed by atoms with Crippen molar-refractivity contribution in [3.8, 4) is 0 Å². The summed E-state index contributed by atoms with van der Waals surface area (Å²) < 4.78 is 1.59. The minimum absolute atomic E-state index is 0.000727. The number of rotatable bonds is 6. The van der Waals surface area contributed by atoms with Crippen LogP contribution in [0.3, 0.4) is 0 Å². The number of thiophene rings is 2. The van der Waals surface area contributed by atoms with Crippen molar-refractivity contribution in [1.82, 2.24) is 14.9 Å². The van der Waals surface area contributed by atoms with Gasteiger partial charge < -0.3 is 5.32 Å². The number of amides is 1. The number of aromatic nitrogens is 2. The van der Waals surface area contributed by atoms with Crippen LogP contribution >= 0.6 is 22.7 Å². The largest absolute Gasteiger partial charge is 0.356 e. The highest BCUT2D eigenvalue weighted by atomic mass is 32.1. The van der Waals surface area contributed by atoms with E-state index in [-0.39, 0.29) is 11.5 Å². The molecule has 0 fully saturated rings. The second kappa shape index (κ2) is 7.72. The highest BCUT2D eigenvalue weighted by Crippen LogP contribution is 2.33. The first kappa shape index (κ1) is 17.4. The fourth-order valence-corrected chi connectivity index (χ4v) is 5.36. The molecule has 3 aromatic rings. The molecule has 3 aromatic heterocycles. The van der Waals surface area contributed by atoms with Crippen molar-refractivity contribution < 1.29 is 4.79 Å². The van der Waals surface area contributed by atoms with Gasteiger partial charge in [0.1, 0.15) is 4.83 Å². The molecule has 0 bridgehead atoms. The van der Waals surface area contributed by atoms with Crippen LogP contribution in [0.15, 0.2) is 28.6 Å². The summed E-state index contributed by atoms with van der Waals surface area (Å²) >= 11 is 3.35. The Kier molecular flexibility index (Phi) is 5.17. The summed E-state index contributed by atoms with van der Waals surface area (Å²) in [5.74, 6) is -0.0269. The van der Waals surface area contributed by atoms with E-state index in [0.29, 0.717) is 19.5 Å². The highest BCUT2D eigenvalue weighted by molar-refractivity contribution is 7.18. The number of hydrogen-bond donors (Lipinski definition) is 1. The normalized spacial score (nSPS) is 13.7. The second-order valence-electron chi connectivity index (χ2n) is 6.56. The number of nitrogens with zero attached hydrogens (tertiary/aromatic N) is 2. The van der Waals surface area contributed by atoms with Crippen LogP contribution in [0.1, 0.15) is 34.6 Å². The first-order valence-corrected chi connectivity index (χ1v) is 10.7. The fraction of sp³-hybridized carbons (Fsp3) is 0.421. The van der Waals surface area contributed by atoms with Crippen LogP contribution in [-0.2, 0) is 30.6 Å². The lowest BCUT2D eigenvalue weighted by Gasteiger charge is -2.10. The first-order chi connectivity index (χ1) is 12.7. The summed E-state index contributed by atoms with van der Waals surface area (Å²) in [6, 6.07) is 4.08. The van der Waals surface area contributed by atoms with E-state index in [9.17, 15) is 9.59 Å². The van der Waals surface area contributed by atoms with Crippen molar-refractivity contribution in [2.24, 2.45) is 0 Å². The third kappa shape index (κ3) is 3.59. The Morgan fingerprint density at radius 3 is 3.04 bits per heavy atom. The summed E-state index contributed by atoms with van der Waals surface area (Å²) in [6.45, 7) is 1.00. The summed E-state index contributed by atoms with van der Waals surface area (Å²) in [6.07, 6.45) is 7.09. The molecule has 1 amide bonds. The van der Waals surface area contributed by atoms with Crippen LogP contribution in [0.25, 0.3) is 10.2 Å². The predicted molar refractivity (Wildman–Crippen MR) is 106 cm³/mol. The van der Waals surface area contributed by atoms with Gasteiger partial charge in [-0.3, -0.25) is 14.2 Å². The molecule has 0 spiro atoms. The summed E-state index contributed by atoms with van der Waals surface area (Å²) in [7, 11) is 0. The molecule has 0 aromatic carbocycles. The smallest absolute Gasteiger partial charge is 0.262 e. The van der Waals surface area contributed by atoms with Gasteiger partial charge >= 0.3 is 0 Å². The van der Waals surface area contributed by atoms with Crippen molar-refractivity contribution >= 4 is 38.8 Å². The molecule has 1 N–H and O–H groups in total. The highest BCUT2D eigenvalue weighted by Gasteiger charge is 2.20. The minimum Gasteiger partial charge on any atom is -0.356 e. The molecule has 4 rings (SSSR count). The zero-order valence-electron chi connectivity index (χ0n) is 14.5. The van der Waals surface area contributed by atoms with Crippen molar-refractivity contribution in [3.63, 3.8) is 0 Å². The number of carbonyl (C=O) groups excluding carboxylic acids is 1. The maximum absolute atomic E-state index is 12.8. The summed E-state index contributed by atoms with van der Waals surface area (Å²) in [5, 5.41) is 5.75. The van der Waals surface area contributed by atoms with E-state index in [1.54, 1.807) is 33.6 Å². The molecule has 0 aliphatic heterocycles. The first-order valence-electron chi connectivity index (χ1n) is 9.01. The molecule has 1 aliphatic rings. The van der Waals surface area contributed by atoms with Crippen molar-refractivity contribution in [2.75, 3.05) is 6.54 Å². The van der Waals surface area contributed by atoms with Crippen LogP contribution in [0.5, 0.6) is 0 Å². The SMILES string of the molecule is O=C(CCn1cnc2sc3c(c2c1=O)CCCC3)NCCc1cccs1. The van der Waals surface area contributed by atoms with Gasteiger partial charge in [-0.05, 0) is 49.1 Å². The standard InChI is InChI=1S/C19H21N3O2S2/c23-16(20-9-7-13-4-3-11-25-13)8-10-22-12-21-18-17(19(22)24)14-5-1-2-6-15(14)26-18/h3-4,11-12H,1-2,5-10H2,(H,20,23). The van der Waals surface area contributed by atoms with E-state index in [1.165, 1.54) is 21.7 Å². The number of hydrogen-bond acceptors (Lipinski definition) is 5. The molecule has 26 heavy (non-hydrogen) atoms. The van der Waals surface area contributed by atoms with Gasteiger partial charge in [-0.25, -0.2) is 4.98 Å². The molecule has 3 heterocycles. The van der Waals surface area contributed by atoms with Crippen LogP contribution in [0.2, 0.25) is 0 Å². The van der Waals surface area contributed by atoms with Gasteiger partial charge in [0.05, 0.1) is 11.7 Å². The number of carbonyl (C=O) groups is 1. The molecule has 0 unspecified atom stereocenters. The van der Waals surface area contributed by atoms with Crippen LogP contribution < -0.4 is 10.9 Å². The molecule has 0 atom stereocenters. The molecule has 7 heteroatoms. The second-order valence-corrected chi connectivity index (χ2v) is 8.68. The molecular formula is C19H21N3O2S2. The predicted octanol–water partition coefficient (Wildman–Crippen LogP) is 3.15. The lowest BCUT2D eigenvalue weighted by Crippen LogP contribution is -2.29. The van der Waals surface area contributed by atoms with Gasteiger partial charge in [-0.15, -0.1) is 22.7 Å². The maximum atomic E-state index is 12.8. The summed E-state index contributed by atoms with van der Waals surface area (Å²) in [4.78, 5) is 32.8. The molecular weight excluding hydrogens is 366 g/mol. The average Bonchev–Trinajstić information content (AvgIpc) is 3.28. The molecule has 0 radical (unpaired) electrons. The topological polar surface area (TPSA) is 64.0 Å². The van der Waals surface area contributed by atoms with Crippen molar-refractivity contribution in [1.29, 1.82) is 0 Å². The Bertz CT molecular complexity index is 973. The van der Waals surface area contributed by atoms with E-state index in [4.69, 9.17) is 0 Å². The Morgan fingerprint density at radius 1 is 1.31 bits per heavy atom. The molecule has 1 aliphatic carbocycles. The van der Waals surface area contributed by atoms with Gasteiger partial charge in [0.25, 0.3) is 5.56 Å². The Labute approximate surface area is 159 Å². The molecule has 0 saturated carbocycles. The van der Waals surface area contributed by atoms with Crippen LogP contribution in [-0.4, -0.2) is 22.0 Å². The van der Waals surface area contributed by atoms with Crippen molar-refractivity contribution in [2.45, 2.75) is 45.1 Å². The fourth-order valence-electron chi connectivity index (χ4n) is 3.43. The number of aryl methyl sites for hydroxylation is 3. The Balaban J connectivity index is 1.40. The zero-order valence-corrected chi connectivity index (χ0v) is 16.1. The van der Waals surface area contributed by atoms with Crippen molar-refractivity contribution in [3.05, 3.63) is 49.5 Å². The zero-order chi connectivity index (χ0) is 17.9. The minimum atomic E-state index is -0.0269. The van der Waals surface area contributed by atoms with Crippen LogP contribution in [0.4, 0.5) is 0 Å². The quantitative estimate of drug-likeness (QED) is 0.707. The van der Waals surface area contributed by atoms with E-state index in [0.717, 1.165) is 35.9 Å². The number of fused-ring (bicyclic) bond motifs is 3. The Morgan fingerprint density at radius 2 is 2.19 bits per heavy atom. The number of nitrogens with one attached hydrogen (secondary N) is 1.